The number of para-hydroxylation sites is 1. The van der Waals surface area contributed by atoms with Crippen molar-refractivity contribution < 1.29 is 9.53 Å². The topological polar surface area (TPSA) is 63.6 Å². The number of nitrogens with one attached hydrogen (secondary N) is 1. The van der Waals surface area contributed by atoms with E-state index in [2.05, 4.69) is 15.5 Å². The van der Waals surface area contributed by atoms with Crippen LogP contribution in [-0.2, 0) is 4.79 Å². The summed E-state index contributed by atoms with van der Waals surface area (Å²) in [6.45, 7) is 1.66. The van der Waals surface area contributed by atoms with Gasteiger partial charge in [0.05, 0.1) is 6.21 Å². The van der Waals surface area contributed by atoms with Crippen molar-refractivity contribution in [3.63, 3.8) is 0 Å². The maximum Gasteiger partial charge on any atom is 0.280 e. The molecule has 0 saturated carbocycles. The second kappa shape index (κ2) is 7.77. The first kappa shape index (κ1) is 16.9. The quantitative estimate of drug-likeness (QED) is 0.560. The van der Waals surface area contributed by atoms with Gasteiger partial charge in [-0.15, -0.1) is 0 Å². The summed E-state index contributed by atoms with van der Waals surface area (Å²) in [5, 5.41) is 5.49. The van der Waals surface area contributed by atoms with E-state index >= 15 is 0 Å². The van der Waals surface area contributed by atoms with Crippen LogP contribution in [0.5, 0.6) is 5.75 Å². The molecule has 0 aliphatic rings. The molecule has 6 heteroatoms. The lowest BCUT2D eigenvalue weighted by Crippen LogP contribution is -2.33. The fourth-order valence-corrected chi connectivity index (χ4v) is 2.46. The lowest BCUT2D eigenvalue weighted by atomic mass is 10.2. The van der Waals surface area contributed by atoms with Crippen molar-refractivity contribution in [2.24, 2.45) is 5.10 Å². The van der Waals surface area contributed by atoms with Gasteiger partial charge in [-0.1, -0.05) is 41.9 Å². The highest BCUT2D eigenvalue weighted by Gasteiger charge is 2.15. The van der Waals surface area contributed by atoms with Crippen LogP contribution in [0.25, 0.3) is 10.9 Å². The maximum absolute atomic E-state index is 12.1. The highest BCUT2D eigenvalue weighted by molar-refractivity contribution is 6.30. The number of fused-ring (bicyclic) bond motifs is 1. The van der Waals surface area contributed by atoms with E-state index in [0.717, 1.165) is 10.9 Å². The molecule has 0 saturated heterocycles. The number of hydrogen-bond acceptors (Lipinski definition) is 4. The van der Waals surface area contributed by atoms with E-state index in [9.17, 15) is 4.79 Å². The van der Waals surface area contributed by atoms with Crippen LogP contribution in [0.15, 0.2) is 65.9 Å². The molecule has 25 heavy (non-hydrogen) atoms. The molecule has 0 aliphatic carbocycles. The number of hydrogen-bond donors (Lipinski definition) is 1. The molecule has 0 fully saturated rings. The van der Waals surface area contributed by atoms with Gasteiger partial charge >= 0.3 is 0 Å². The highest BCUT2D eigenvalue weighted by atomic mass is 35.5. The number of carbonyl (C=O) groups is 1. The molecule has 5 nitrogen and oxygen atoms in total. The SMILES string of the molecule is CC(Oc1cccc2cccnc12)C(=O)NN=Cc1cccc(Cl)c1. The Morgan fingerprint density at radius 3 is 2.88 bits per heavy atom. The Morgan fingerprint density at radius 2 is 2.04 bits per heavy atom. The number of ether oxygens (including phenoxy) is 1. The summed E-state index contributed by atoms with van der Waals surface area (Å²) >= 11 is 5.90. The van der Waals surface area contributed by atoms with E-state index < -0.39 is 6.10 Å². The van der Waals surface area contributed by atoms with Gasteiger partial charge in [-0.3, -0.25) is 9.78 Å². The van der Waals surface area contributed by atoms with Crippen LogP contribution >= 0.6 is 11.6 Å². The Morgan fingerprint density at radius 1 is 1.24 bits per heavy atom. The average Bonchev–Trinajstić information content (AvgIpc) is 2.62. The summed E-state index contributed by atoms with van der Waals surface area (Å²) < 4.78 is 5.74. The summed E-state index contributed by atoms with van der Waals surface area (Å²) in [6, 6.07) is 16.5. The molecule has 1 amide bonds. The summed E-state index contributed by atoms with van der Waals surface area (Å²) in [5.41, 5.74) is 3.97. The molecule has 3 aromatic rings. The Hall–Kier alpha value is -2.92. The summed E-state index contributed by atoms with van der Waals surface area (Å²) in [7, 11) is 0. The zero-order chi connectivity index (χ0) is 17.6. The molecular weight excluding hydrogens is 338 g/mol. The molecule has 0 spiro atoms. The first-order valence-electron chi connectivity index (χ1n) is 7.72. The zero-order valence-electron chi connectivity index (χ0n) is 13.5. The summed E-state index contributed by atoms with van der Waals surface area (Å²) in [4.78, 5) is 16.4. The minimum absolute atomic E-state index is 0.355. The standard InChI is InChI=1S/C19H16ClN3O2/c1-13(19(24)23-22-12-14-5-2-8-16(20)11-14)25-17-9-3-6-15-7-4-10-21-18(15)17/h2-13H,1H3,(H,23,24). The van der Waals surface area contributed by atoms with E-state index in [-0.39, 0.29) is 5.91 Å². The minimum Gasteiger partial charge on any atom is -0.479 e. The predicted octanol–water partition coefficient (Wildman–Crippen LogP) is 3.81. The number of carbonyl (C=O) groups excluding carboxylic acids is 1. The van der Waals surface area contributed by atoms with Crippen molar-refractivity contribution in [1.29, 1.82) is 0 Å². The molecule has 2 aromatic carbocycles. The average molecular weight is 354 g/mol. The maximum atomic E-state index is 12.1. The molecule has 3 rings (SSSR count). The number of rotatable bonds is 5. The van der Waals surface area contributed by atoms with Gasteiger partial charge in [-0.05, 0) is 36.8 Å². The first-order valence-corrected chi connectivity index (χ1v) is 8.10. The van der Waals surface area contributed by atoms with Gasteiger partial charge in [0.2, 0.25) is 0 Å². The molecule has 1 heterocycles. The Kier molecular flexibility index (Phi) is 5.26. The van der Waals surface area contributed by atoms with Gasteiger partial charge in [0.25, 0.3) is 5.91 Å². The lowest BCUT2D eigenvalue weighted by Gasteiger charge is -2.14. The smallest absolute Gasteiger partial charge is 0.280 e. The monoisotopic (exact) mass is 353 g/mol. The van der Waals surface area contributed by atoms with Crippen molar-refractivity contribution in [1.82, 2.24) is 10.4 Å². The van der Waals surface area contributed by atoms with Gasteiger partial charge in [0.15, 0.2) is 6.10 Å². The van der Waals surface area contributed by atoms with Crippen LogP contribution in [0.3, 0.4) is 0 Å². The minimum atomic E-state index is -0.718. The first-order chi connectivity index (χ1) is 12.1. The molecule has 1 unspecified atom stereocenters. The lowest BCUT2D eigenvalue weighted by molar-refractivity contribution is -0.127. The number of hydrazone groups is 1. The Balaban J connectivity index is 1.64. The molecule has 0 bridgehead atoms. The van der Waals surface area contributed by atoms with E-state index in [1.54, 1.807) is 31.3 Å². The van der Waals surface area contributed by atoms with Crippen molar-refractivity contribution >= 4 is 34.6 Å². The number of amides is 1. The normalized spacial score (nSPS) is 12.2. The number of aromatic nitrogens is 1. The predicted molar refractivity (Wildman–Crippen MR) is 99.0 cm³/mol. The second-order valence-corrected chi connectivity index (χ2v) is 5.82. The van der Waals surface area contributed by atoms with E-state index in [0.29, 0.717) is 16.3 Å². The number of nitrogens with zero attached hydrogens (tertiary/aromatic N) is 2. The van der Waals surface area contributed by atoms with E-state index in [1.807, 2.05) is 36.4 Å². The second-order valence-electron chi connectivity index (χ2n) is 5.38. The van der Waals surface area contributed by atoms with Crippen molar-refractivity contribution in [3.8, 4) is 5.75 Å². The van der Waals surface area contributed by atoms with Crippen molar-refractivity contribution in [3.05, 3.63) is 71.4 Å². The molecule has 0 aliphatic heterocycles. The molecule has 126 valence electrons. The van der Waals surface area contributed by atoms with Gasteiger partial charge < -0.3 is 4.74 Å². The van der Waals surface area contributed by atoms with E-state index in [4.69, 9.17) is 16.3 Å². The van der Waals surface area contributed by atoms with Gasteiger partial charge in [-0.25, -0.2) is 5.43 Å². The highest BCUT2D eigenvalue weighted by Crippen LogP contribution is 2.23. The fraction of sp³-hybridized carbons (Fsp3) is 0.105. The van der Waals surface area contributed by atoms with Crippen LogP contribution in [0.1, 0.15) is 12.5 Å². The number of halogens is 1. The summed E-state index contributed by atoms with van der Waals surface area (Å²) in [6.07, 6.45) is 2.50. The molecule has 1 N–H and O–H groups in total. The Bertz CT molecular complexity index is 922. The largest absolute Gasteiger partial charge is 0.479 e. The van der Waals surface area contributed by atoms with Crippen LogP contribution in [-0.4, -0.2) is 23.2 Å². The number of benzene rings is 2. The third kappa shape index (κ3) is 4.33. The van der Waals surface area contributed by atoms with Gasteiger partial charge in [0, 0.05) is 16.6 Å². The third-order valence-electron chi connectivity index (χ3n) is 3.51. The van der Waals surface area contributed by atoms with Gasteiger partial charge in [-0.2, -0.15) is 5.10 Å². The van der Waals surface area contributed by atoms with Crippen LogP contribution in [0.4, 0.5) is 0 Å². The molecule has 0 radical (unpaired) electrons. The fourth-order valence-electron chi connectivity index (χ4n) is 2.26. The summed E-state index contributed by atoms with van der Waals surface area (Å²) in [5.74, 6) is 0.200. The molecule has 1 aromatic heterocycles. The van der Waals surface area contributed by atoms with Crippen LogP contribution < -0.4 is 10.2 Å². The van der Waals surface area contributed by atoms with Crippen LogP contribution in [0.2, 0.25) is 5.02 Å². The zero-order valence-corrected chi connectivity index (χ0v) is 14.3. The molecule has 1 atom stereocenters. The molecular formula is C19H16ClN3O2. The third-order valence-corrected chi connectivity index (χ3v) is 3.74. The van der Waals surface area contributed by atoms with Crippen molar-refractivity contribution in [2.45, 2.75) is 13.0 Å². The van der Waals surface area contributed by atoms with Crippen LogP contribution in [0, 0.1) is 0 Å². The van der Waals surface area contributed by atoms with E-state index in [1.165, 1.54) is 6.21 Å². The Labute approximate surface area is 150 Å². The number of pyridine rings is 1. The van der Waals surface area contributed by atoms with Gasteiger partial charge in [0.1, 0.15) is 11.3 Å². The van der Waals surface area contributed by atoms with Crippen molar-refractivity contribution in [2.75, 3.05) is 0 Å².